The summed E-state index contributed by atoms with van der Waals surface area (Å²) >= 11 is 0. The highest BCUT2D eigenvalue weighted by Crippen LogP contribution is 2.33. The van der Waals surface area contributed by atoms with Crippen LogP contribution in [0, 0.1) is 5.82 Å². The number of hydrogen-bond donors (Lipinski definition) is 1. The first-order valence-corrected chi connectivity index (χ1v) is 8.96. The monoisotopic (exact) mass is 365 g/mol. The van der Waals surface area contributed by atoms with Crippen LogP contribution in [-0.4, -0.2) is 19.6 Å². The van der Waals surface area contributed by atoms with Gasteiger partial charge in [0.25, 0.3) is 5.91 Å². The Morgan fingerprint density at radius 1 is 1.15 bits per heavy atom. The van der Waals surface area contributed by atoms with Crippen LogP contribution in [-0.2, 0) is 0 Å². The van der Waals surface area contributed by atoms with Crippen LogP contribution in [0.2, 0.25) is 0 Å². The third kappa shape index (κ3) is 3.33. The maximum absolute atomic E-state index is 13.8. The summed E-state index contributed by atoms with van der Waals surface area (Å²) in [5.74, 6) is 0.806. The molecule has 4 nitrogen and oxygen atoms in total. The van der Waals surface area contributed by atoms with Crippen molar-refractivity contribution in [1.82, 2.24) is 5.32 Å². The van der Waals surface area contributed by atoms with Crippen LogP contribution in [0.3, 0.4) is 0 Å². The van der Waals surface area contributed by atoms with Gasteiger partial charge in [-0.25, -0.2) is 4.39 Å². The highest BCUT2D eigenvalue weighted by Gasteiger charge is 2.23. The average Bonchev–Trinajstić information content (AvgIpc) is 2.89. The molecule has 1 amide bonds. The lowest BCUT2D eigenvalue weighted by molar-refractivity contribution is 0.0936. The molecule has 27 heavy (non-hydrogen) atoms. The lowest BCUT2D eigenvalue weighted by Crippen LogP contribution is -2.28. The molecule has 0 saturated heterocycles. The standard InChI is InChI=1S/C22H20FNO3/c1-26-20-11-9-17(15-5-2-3-6-16(15)20)22(25)24-19-7-4-12-27-21-10-8-14(23)13-18(19)21/h2-3,5-6,8-11,13,19H,4,7,12H2,1H3,(H,24,25). The van der Waals surface area contributed by atoms with Crippen molar-refractivity contribution in [2.75, 3.05) is 13.7 Å². The van der Waals surface area contributed by atoms with Crippen molar-refractivity contribution < 1.29 is 18.7 Å². The molecule has 0 radical (unpaired) electrons. The second-order valence-corrected chi connectivity index (χ2v) is 6.56. The molecule has 1 heterocycles. The topological polar surface area (TPSA) is 47.6 Å². The molecule has 3 aromatic carbocycles. The van der Waals surface area contributed by atoms with Gasteiger partial charge >= 0.3 is 0 Å². The van der Waals surface area contributed by atoms with Gasteiger partial charge in [-0.3, -0.25) is 4.79 Å². The van der Waals surface area contributed by atoms with Gasteiger partial charge in [0.15, 0.2) is 0 Å². The summed E-state index contributed by atoms with van der Waals surface area (Å²) in [4.78, 5) is 13.0. The van der Waals surface area contributed by atoms with Gasteiger partial charge in [0, 0.05) is 16.5 Å². The van der Waals surface area contributed by atoms with Crippen molar-refractivity contribution in [1.29, 1.82) is 0 Å². The van der Waals surface area contributed by atoms with Crippen LogP contribution in [0.25, 0.3) is 10.8 Å². The van der Waals surface area contributed by atoms with E-state index in [4.69, 9.17) is 9.47 Å². The Hall–Kier alpha value is -3.08. The van der Waals surface area contributed by atoms with E-state index >= 15 is 0 Å². The largest absolute Gasteiger partial charge is 0.496 e. The number of rotatable bonds is 3. The fourth-order valence-electron chi connectivity index (χ4n) is 3.58. The summed E-state index contributed by atoms with van der Waals surface area (Å²) in [6.45, 7) is 0.552. The Labute approximate surface area is 156 Å². The summed E-state index contributed by atoms with van der Waals surface area (Å²) < 4.78 is 24.9. The Balaban J connectivity index is 1.69. The van der Waals surface area contributed by atoms with E-state index in [-0.39, 0.29) is 17.8 Å². The van der Waals surface area contributed by atoms with E-state index in [1.165, 1.54) is 12.1 Å². The first-order valence-electron chi connectivity index (χ1n) is 8.96. The fourth-order valence-corrected chi connectivity index (χ4v) is 3.58. The molecule has 138 valence electrons. The number of methoxy groups -OCH3 is 1. The van der Waals surface area contributed by atoms with Gasteiger partial charge in [-0.2, -0.15) is 0 Å². The Kier molecular flexibility index (Phi) is 4.67. The number of carbonyl (C=O) groups excluding carboxylic acids is 1. The van der Waals surface area contributed by atoms with Crippen LogP contribution in [0.4, 0.5) is 4.39 Å². The zero-order valence-corrected chi connectivity index (χ0v) is 15.0. The van der Waals surface area contributed by atoms with Gasteiger partial charge in [0.1, 0.15) is 17.3 Å². The maximum Gasteiger partial charge on any atom is 0.252 e. The van der Waals surface area contributed by atoms with E-state index in [0.717, 1.165) is 22.9 Å². The molecule has 5 heteroatoms. The predicted molar refractivity (Wildman–Crippen MR) is 102 cm³/mol. The van der Waals surface area contributed by atoms with Crippen LogP contribution < -0.4 is 14.8 Å². The van der Waals surface area contributed by atoms with Crippen molar-refractivity contribution in [2.45, 2.75) is 18.9 Å². The molecule has 3 aromatic rings. The summed E-state index contributed by atoms with van der Waals surface area (Å²) in [6, 6.07) is 15.3. The molecular weight excluding hydrogens is 345 g/mol. The zero-order valence-electron chi connectivity index (χ0n) is 15.0. The number of benzene rings is 3. The van der Waals surface area contributed by atoms with E-state index in [1.807, 2.05) is 24.3 Å². The first-order chi connectivity index (χ1) is 13.2. The Bertz CT molecular complexity index is 1000. The number of fused-ring (bicyclic) bond motifs is 2. The molecule has 0 aromatic heterocycles. The third-order valence-corrected chi connectivity index (χ3v) is 4.90. The lowest BCUT2D eigenvalue weighted by Gasteiger charge is -2.19. The SMILES string of the molecule is COc1ccc(C(=O)NC2CCCOc3ccc(F)cc32)c2ccccc12. The summed E-state index contributed by atoms with van der Waals surface area (Å²) in [5, 5.41) is 4.76. The van der Waals surface area contributed by atoms with E-state index in [2.05, 4.69) is 5.32 Å². The molecule has 1 unspecified atom stereocenters. The Morgan fingerprint density at radius 3 is 2.78 bits per heavy atom. The minimum Gasteiger partial charge on any atom is -0.496 e. The highest BCUT2D eigenvalue weighted by molar-refractivity contribution is 6.08. The van der Waals surface area contributed by atoms with Crippen molar-refractivity contribution in [3.05, 3.63) is 71.5 Å². The van der Waals surface area contributed by atoms with Crippen molar-refractivity contribution in [3.63, 3.8) is 0 Å². The third-order valence-electron chi connectivity index (χ3n) is 4.90. The lowest BCUT2D eigenvalue weighted by atomic mass is 9.99. The predicted octanol–water partition coefficient (Wildman–Crippen LogP) is 4.63. The van der Waals surface area contributed by atoms with Crippen LogP contribution in [0.15, 0.2) is 54.6 Å². The number of halogens is 1. The van der Waals surface area contributed by atoms with Crippen molar-refractivity contribution >= 4 is 16.7 Å². The normalized spacial score (nSPS) is 16.1. The molecular formula is C22H20FNO3. The quantitative estimate of drug-likeness (QED) is 0.736. The number of nitrogens with one attached hydrogen (secondary N) is 1. The van der Waals surface area contributed by atoms with Crippen LogP contribution in [0.1, 0.15) is 34.8 Å². The Morgan fingerprint density at radius 2 is 1.96 bits per heavy atom. The summed E-state index contributed by atoms with van der Waals surface area (Å²) in [5.41, 5.74) is 1.24. The molecule has 0 spiro atoms. The second kappa shape index (κ2) is 7.27. The molecule has 1 aliphatic heterocycles. The average molecular weight is 365 g/mol. The molecule has 0 bridgehead atoms. The molecule has 0 aliphatic carbocycles. The van der Waals surface area contributed by atoms with Crippen molar-refractivity contribution in [2.24, 2.45) is 0 Å². The smallest absolute Gasteiger partial charge is 0.252 e. The number of carbonyl (C=O) groups is 1. The van der Waals surface area contributed by atoms with E-state index in [9.17, 15) is 9.18 Å². The first kappa shape index (κ1) is 17.3. The molecule has 1 aliphatic rings. The summed E-state index contributed by atoms with van der Waals surface area (Å²) in [6.07, 6.45) is 1.47. The minimum atomic E-state index is -0.339. The highest BCUT2D eigenvalue weighted by atomic mass is 19.1. The maximum atomic E-state index is 13.8. The van der Waals surface area contributed by atoms with E-state index < -0.39 is 0 Å². The molecule has 1 N–H and O–H groups in total. The van der Waals surface area contributed by atoms with Crippen LogP contribution in [0.5, 0.6) is 11.5 Å². The molecule has 0 fully saturated rings. The second-order valence-electron chi connectivity index (χ2n) is 6.56. The zero-order chi connectivity index (χ0) is 18.8. The van der Waals surface area contributed by atoms with Gasteiger partial charge in [0.2, 0.25) is 0 Å². The number of hydrogen-bond acceptors (Lipinski definition) is 3. The molecule has 1 atom stereocenters. The summed E-state index contributed by atoms with van der Waals surface area (Å²) in [7, 11) is 1.61. The number of amides is 1. The molecule has 4 rings (SSSR count). The van der Waals surface area contributed by atoms with Crippen LogP contribution >= 0.6 is 0 Å². The minimum absolute atomic E-state index is 0.198. The van der Waals surface area contributed by atoms with Gasteiger partial charge < -0.3 is 14.8 Å². The van der Waals surface area contributed by atoms with E-state index in [0.29, 0.717) is 29.9 Å². The van der Waals surface area contributed by atoms with Gasteiger partial charge in [-0.05, 0) is 48.6 Å². The molecule has 0 saturated carbocycles. The van der Waals surface area contributed by atoms with E-state index in [1.54, 1.807) is 25.3 Å². The fraction of sp³-hybridized carbons (Fsp3) is 0.227. The number of ether oxygens (including phenoxy) is 2. The van der Waals surface area contributed by atoms with Crippen molar-refractivity contribution in [3.8, 4) is 11.5 Å². The van der Waals surface area contributed by atoms with Gasteiger partial charge in [-0.15, -0.1) is 0 Å². The van der Waals surface area contributed by atoms with Gasteiger partial charge in [0.05, 0.1) is 19.8 Å². The van der Waals surface area contributed by atoms with Gasteiger partial charge in [-0.1, -0.05) is 24.3 Å².